The predicted molar refractivity (Wildman–Crippen MR) is 64.0 cm³/mol. The molecule has 1 heterocycles. The molecule has 92 valence electrons. The maximum atomic E-state index is 11.4. The maximum absolute atomic E-state index is 11.4. The first-order valence-corrected chi connectivity index (χ1v) is 5.60. The van der Waals surface area contributed by atoms with Crippen molar-refractivity contribution in [3.8, 4) is 5.75 Å². The van der Waals surface area contributed by atoms with Crippen LogP contribution >= 0.6 is 0 Å². The minimum atomic E-state index is -0.357. The van der Waals surface area contributed by atoms with Crippen LogP contribution in [0.4, 0.5) is 0 Å². The Balaban J connectivity index is 2.40. The number of esters is 1. The van der Waals surface area contributed by atoms with Crippen LogP contribution < -0.4 is 10.5 Å². The number of rotatable bonds is 1. The van der Waals surface area contributed by atoms with E-state index in [1.54, 1.807) is 18.2 Å². The molecule has 0 aromatic heterocycles. The number of nitrogens with two attached hydrogens (primary N) is 1. The molecule has 1 unspecified atom stereocenters. The van der Waals surface area contributed by atoms with E-state index < -0.39 is 0 Å². The molecule has 0 bridgehead atoms. The zero-order chi connectivity index (χ0) is 12.6. The Morgan fingerprint density at radius 2 is 2.24 bits per heavy atom. The van der Waals surface area contributed by atoms with E-state index in [9.17, 15) is 4.79 Å². The van der Waals surface area contributed by atoms with Crippen molar-refractivity contribution in [2.24, 2.45) is 5.73 Å². The van der Waals surface area contributed by atoms with Gasteiger partial charge in [0.05, 0.1) is 12.7 Å². The second-order valence-electron chi connectivity index (χ2n) is 4.92. The van der Waals surface area contributed by atoms with Gasteiger partial charge in [0.25, 0.3) is 0 Å². The molecular formula is C13H17NO3. The SMILES string of the molecule is COC(=O)c1ccc2c(c1)C(N)CC(C)(C)O2. The first-order valence-electron chi connectivity index (χ1n) is 5.60. The highest BCUT2D eigenvalue weighted by atomic mass is 16.5. The topological polar surface area (TPSA) is 61.5 Å². The highest BCUT2D eigenvalue weighted by Crippen LogP contribution is 2.38. The Hall–Kier alpha value is -1.55. The van der Waals surface area contributed by atoms with Crippen LogP contribution in [0.25, 0.3) is 0 Å². The molecule has 4 nitrogen and oxygen atoms in total. The minimum absolute atomic E-state index is 0.113. The van der Waals surface area contributed by atoms with Gasteiger partial charge in [-0.25, -0.2) is 4.79 Å². The largest absolute Gasteiger partial charge is 0.487 e. The maximum Gasteiger partial charge on any atom is 0.337 e. The number of fused-ring (bicyclic) bond motifs is 1. The van der Waals surface area contributed by atoms with Crippen LogP contribution in [-0.2, 0) is 4.74 Å². The van der Waals surface area contributed by atoms with E-state index in [2.05, 4.69) is 4.74 Å². The Kier molecular flexibility index (Phi) is 2.83. The number of hydrogen-bond donors (Lipinski definition) is 1. The quantitative estimate of drug-likeness (QED) is 0.756. The van der Waals surface area contributed by atoms with Gasteiger partial charge < -0.3 is 15.2 Å². The Labute approximate surface area is 101 Å². The Bertz CT molecular complexity index is 454. The van der Waals surface area contributed by atoms with Crippen LogP contribution in [0.15, 0.2) is 18.2 Å². The Morgan fingerprint density at radius 3 is 2.88 bits per heavy atom. The van der Waals surface area contributed by atoms with E-state index in [4.69, 9.17) is 10.5 Å². The van der Waals surface area contributed by atoms with E-state index in [1.807, 2.05) is 13.8 Å². The van der Waals surface area contributed by atoms with E-state index in [0.29, 0.717) is 5.56 Å². The summed E-state index contributed by atoms with van der Waals surface area (Å²) < 4.78 is 10.5. The zero-order valence-corrected chi connectivity index (χ0v) is 10.3. The molecule has 1 aromatic rings. The molecule has 17 heavy (non-hydrogen) atoms. The molecule has 0 fully saturated rings. The fourth-order valence-electron chi connectivity index (χ4n) is 2.15. The molecule has 0 saturated heterocycles. The lowest BCUT2D eigenvalue weighted by Crippen LogP contribution is -2.37. The van der Waals surface area contributed by atoms with Gasteiger partial charge in [-0.1, -0.05) is 0 Å². The normalized spacial score (nSPS) is 21.3. The van der Waals surface area contributed by atoms with Crippen molar-refractivity contribution < 1.29 is 14.3 Å². The van der Waals surface area contributed by atoms with Crippen LogP contribution in [-0.4, -0.2) is 18.7 Å². The lowest BCUT2D eigenvalue weighted by molar-refractivity contribution is 0.0598. The van der Waals surface area contributed by atoms with Gasteiger partial charge >= 0.3 is 5.97 Å². The molecule has 1 aromatic carbocycles. The second kappa shape index (κ2) is 4.04. The summed E-state index contributed by atoms with van der Waals surface area (Å²) >= 11 is 0. The van der Waals surface area contributed by atoms with Crippen molar-refractivity contribution in [2.45, 2.75) is 31.9 Å². The van der Waals surface area contributed by atoms with E-state index >= 15 is 0 Å². The van der Waals surface area contributed by atoms with Crippen molar-refractivity contribution in [1.29, 1.82) is 0 Å². The molecule has 2 rings (SSSR count). The van der Waals surface area contributed by atoms with Crippen molar-refractivity contribution in [3.63, 3.8) is 0 Å². The predicted octanol–water partition coefficient (Wildman–Crippen LogP) is 2.03. The van der Waals surface area contributed by atoms with Crippen LogP contribution in [0, 0.1) is 0 Å². The molecule has 0 aliphatic carbocycles. The molecule has 1 aliphatic heterocycles. The van der Waals surface area contributed by atoms with Crippen LogP contribution in [0.3, 0.4) is 0 Å². The molecular weight excluding hydrogens is 218 g/mol. The third-order valence-corrected chi connectivity index (χ3v) is 2.93. The van der Waals surface area contributed by atoms with Crippen LogP contribution in [0.1, 0.15) is 42.2 Å². The Morgan fingerprint density at radius 1 is 1.53 bits per heavy atom. The molecule has 0 amide bonds. The van der Waals surface area contributed by atoms with Crippen molar-refractivity contribution in [2.75, 3.05) is 7.11 Å². The lowest BCUT2D eigenvalue weighted by atomic mass is 9.89. The third-order valence-electron chi connectivity index (χ3n) is 2.93. The summed E-state index contributed by atoms with van der Waals surface area (Å²) in [5.41, 5.74) is 7.21. The highest BCUT2D eigenvalue weighted by molar-refractivity contribution is 5.89. The van der Waals surface area contributed by atoms with Gasteiger partial charge in [0.2, 0.25) is 0 Å². The van der Waals surface area contributed by atoms with E-state index in [1.165, 1.54) is 7.11 Å². The van der Waals surface area contributed by atoms with Gasteiger partial charge in [0.1, 0.15) is 11.4 Å². The summed E-state index contributed by atoms with van der Waals surface area (Å²) in [7, 11) is 1.36. The van der Waals surface area contributed by atoms with E-state index in [-0.39, 0.29) is 17.6 Å². The van der Waals surface area contributed by atoms with Crippen LogP contribution in [0.5, 0.6) is 5.75 Å². The van der Waals surface area contributed by atoms with Gasteiger partial charge in [-0.2, -0.15) is 0 Å². The van der Waals surface area contributed by atoms with Gasteiger partial charge in [-0.3, -0.25) is 0 Å². The number of carbonyl (C=O) groups is 1. The second-order valence-corrected chi connectivity index (χ2v) is 4.92. The van der Waals surface area contributed by atoms with Gasteiger partial charge in [0.15, 0.2) is 0 Å². The molecule has 4 heteroatoms. The third kappa shape index (κ3) is 2.26. The summed E-state index contributed by atoms with van der Waals surface area (Å²) in [4.78, 5) is 11.4. The van der Waals surface area contributed by atoms with Crippen molar-refractivity contribution in [1.82, 2.24) is 0 Å². The summed E-state index contributed by atoms with van der Waals surface area (Å²) in [6.07, 6.45) is 0.727. The number of hydrogen-bond acceptors (Lipinski definition) is 4. The molecule has 0 saturated carbocycles. The summed E-state index contributed by atoms with van der Waals surface area (Å²) in [5.74, 6) is 0.395. The first kappa shape index (κ1) is 11.9. The number of methoxy groups -OCH3 is 1. The summed E-state index contributed by atoms with van der Waals surface area (Å²) in [5, 5.41) is 0. The average molecular weight is 235 g/mol. The minimum Gasteiger partial charge on any atom is -0.487 e. The average Bonchev–Trinajstić information content (AvgIpc) is 2.26. The fourth-order valence-corrected chi connectivity index (χ4v) is 2.15. The molecule has 1 atom stereocenters. The summed E-state index contributed by atoms with van der Waals surface area (Å²) in [6, 6.07) is 5.11. The highest BCUT2D eigenvalue weighted by Gasteiger charge is 2.32. The zero-order valence-electron chi connectivity index (χ0n) is 10.3. The lowest BCUT2D eigenvalue weighted by Gasteiger charge is -2.36. The first-order chi connectivity index (χ1) is 7.93. The monoisotopic (exact) mass is 235 g/mol. The van der Waals surface area contributed by atoms with Crippen molar-refractivity contribution in [3.05, 3.63) is 29.3 Å². The van der Waals surface area contributed by atoms with E-state index in [0.717, 1.165) is 17.7 Å². The standard InChI is InChI=1S/C13H17NO3/c1-13(2)7-10(14)9-6-8(12(15)16-3)4-5-11(9)17-13/h4-6,10H,7,14H2,1-3H3. The van der Waals surface area contributed by atoms with Crippen molar-refractivity contribution >= 4 is 5.97 Å². The number of carbonyl (C=O) groups excluding carboxylic acids is 1. The molecule has 0 radical (unpaired) electrons. The summed E-state index contributed by atoms with van der Waals surface area (Å²) in [6.45, 7) is 4.01. The van der Waals surface area contributed by atoms with Gasteiger partial charge in [0, 0.05) is 18.0 Å². The van der Waals surface area contributed by atoms with Crippen LogP contribution in [0.2, 0.25) is 0 Å². The van der Waals surface area contributed by atoms with Gasteiger partial charge in [-0.05, 0) is 32.0 Å². The molecule has 1 aliphatic rings. The molecule has 2 N–H and O–H groups in total. The number of benzene rings is 1. The van der Waals surface area contributed by atoms with Gasteiger partial charge in [-0.15, -0.1) is 0 Å². The smallest absolute Gasteiger partial charge is 0.337 e. The number of ether oxygens (including phenoxy) is 2. The molecule has 0 spiro atoms. The fraction of sp³-hybridized carbons (Fsp3) is 0.462.